The summed E-state index contributed by atoms with van der Waals surface area (Å²) in [6.07, 6.45) is 10.8. The van der Waals surface area contributed by atoms with Gasteiger partial charge in [-0.25, -0.2) is 0 Å². The minimum Gasteiger partial charge on any atom is -0.0710 e. The zero-order valence-electron chi connectivity index (χ0n) is 13.8. The predicted octanol–water partition coefficient (Wildman–Crippen LogP) is 6.76. The minimum absolute atomic E-state index is 0.740. The standard InChI is InChI=1S/C18H36/c1-7-12-16(6)13-10-11-14-17(8-2)18(9-3)15(4)5/h15-16H,7-14H2,1-6H3. The summed E-state index contributed by atoms with van der Waals surface area (Å²) in [4.78, 5) is 0. The Labute approximate surface area is 116 Å². The largest absolute Gasteiger partial charge is 0.0710 e. The molecule has 108 valence electrons. The second kappa shape index (κ2) is 10.6. The molecule has 0 aromatic rings. The van der Waals surface area contributed by atoms with Gasteiger partial charge in [0.25, 0.3) is 0 Å². The molecule has 0 spiro atoms. The molecule has 0 aromatic carbocycles. The van der Waals surface area contributed by atoms with Crippen molar-refractivity contribution in [3.05, 3.63) is 11.1 Å². The molecule has 0 fully saturated rings. The molecule has 0 rings (SSSR count). The highest BCUT2D eigenvalue weighted by Crippen LogP contribution is 2.25. The highest BCUT2D eigenvalue weighted by atomic mass is 14.1. The van der Waals surface area contributed by atoms with Gasteiger partial charge in [0.15, 0.2) is 0 Å². The Hall–Kier alpha value is -0.260. The van der Waals surface area contributed by atoms with Crippen LogP contribution in [0.2, 0.25) is 0 Å². The van der Waals surface area contributed by atoms with E-state index in [-0.39, 0.29) is 0 Å². The van der Waals surface area contributed by atoms with Crippen LogP contribution in [-0.2, 0) is 0 Å². The van der Waals surface area contributed by atoms with E-state index >= 15 is 0 Å². The van der Waals surface area contributed by atoms with Gasteiger partial charge >= 0.3 is 0 Å². The van der Waals surface area contributed by atoms with Crippen LogP contribution < -0.4 is 0 Å². The van der Waals surface area contributed by atoms with Crippen LogP contribution in [0.25, 0.3) is 0 Å². The molecule has 0 aliphatic heterocycles. The van der Waals surface area contributed by atoms with Gasteiger partial charge in [-0.1, -0.05) is 78.4 Å². The van der Waals surface area contributed by atoms with Gasteiger partial charge < -0.3 is 0 Å². The number of allylic oxidation sites excluding steroid dienone is 2. The molecule has 18 heavy (non-hydrogen) atoms. The monoisotopic (exact) mass is 252 g/mol. The average molecular weight is 252 g/mol. The third kappa shape index (κ3) is 7.24. The topological polar surface area (TPSA) is 0 Å². The summed E-state index contributed by atoms with van der Waals surface area (Å²) in [5.74, 6) is 1.67. The summed E-state index contributed by atoms with van der Waals surface area (Å²) in [6.45, 7) is 14.0. The highest BCUT2D eigenvalue weighted by Gasteiger charge is 2.08. The van der Waals surface area contributed by atoms with Crippen LogP contribution in [0.3, 0.4) is 0 Å². The van der Waals surface area contributed by atoms with Crippen molar-refractivity contribution in [2.75, 3.05) is 0 Å². The third-order valence-electron chi connectivity index (χ3n) is 4.17. The molecule has 0 N–H and O–H groups in total. The normalized spacial score (nSPS) is 14.8. The molecule has 0 saturated carbocycles. The summed E-state index contributed by atoms with van der Waals surface area (Å²) in [5, 5.41) is 0. The van der Waals surface area contributed by atoms with Crippen molar-refractivity contribution in [3.63, 3.8) is 0 Å². The average Bonchev–Trinajstić information content (AvgIpc) is 2.32. The van der Waals surface area contributed by atoms with E-state index in [0.717, 1.165) is 11.8 Å². The van der Waals surface area contributed by atoms with E-state index in [2.05, 4.69) is 41.5 Å². The molecule has 0 nitrogen and oxygen atoms in total. The fourth-order valence-electron chi connectivity index (χ4n) is 3.10. The quantitative estimate of drug-likeness (QED) is 0.298. The van der Waals surface area contributed by atoms with Crippen LogP contribution in [-0.4, -0.2) is 0 Å². The first-order valence-electron chi connectivity index (χ1n) is 8.27. The zero-order valence-corrected chi connectivity index (χ0v) is 13.8. The summed E-state index contributed by atoms with van der Waals surface area (Å²) in [7, 11) is 0. The van der Waals surface area contributed by atoms with E-state index in [9.17, 15) is 0 Å². The van der Waals surface area contributed by atoms with Gasteiger partial charge in [-0.15, -0.1) is 0 Å². The van der Waals surface area contributed by atoms with E-state index in [1.165, 1.54) is 51.4 Å². The first kappa shape index (κ1) is 17.7. The lowest BCUT2D eigenvalue weighted by Gasteiger charge is -2.17. The van der Waals surface area contributed by atoms with Gasteiger partial charge in [0.2, 0.25) is 0 Å². The molecule has 0 saturated heterocycles. The van der Waals surface area contributed by atoms with Gasteiger partial charge in [-0.3, -0.25) is 0 Å². The van der Waals surface area contributed by atoms with Crippen molar-refractivity contribution in [2.24, 2.45) is 11.8 Å². The first-order valence-corrected chi connectivity index (χ1v) is 8.27. The van der Waals surface area contributed by atoms with E-state index in [4.69, 9.17) is 0 Å². The Kier molecular flexibility index (Phi) is 10.5. The SMILES string of the molecule is CCCC(C)CCCCC(CC)=C(CC)C(C)C. The molecular formula is C18H36. The van der Waals surface area contributed by atoms with Crippen molar-refractivity contribution in [1.82, 2.24) is 0 Å². The van der Waals surface area contributed by atoms with E-state index in [1.54, 1.807) is 11.1 Å². The molecule has 0 bridgehead atoms. The minimum atomic E-state index is 0.740. The van der Waals surface area contributed by atoms with E-state index in [0.29, 0.717) is 0 Å². The van der Waals surface area contributed by atoms with Crippen LogP contribution in [0, 0.1) is 11.8 Å². The van der Waals surface area contributed by atoms with Crippen LogP contribution in [0.1, 0.15) is 92.9 Å². The van der Waals surface area contributed by atoms with Gasteiger partial charge in [0.1, 0.15) is 0 Å². The summed E-state index contributed by atoms with van der Waals surface area (Å²) >= 11 is 0. The van der Waals surface area contributed by atoms with Crippen molar-refractivity contribution in [3.8, 4) is 0 Å². The van der Waals surface area contributed by atoms with Crippen LogP contribution in [0.15, 0.2) is 11.1 Å². The molecular weight excluding hydrogens is 216 g/mol. The number of rotatable bonds is 10. The predicted molar refractivity (Wildman–Crippen MR) is 85.0 cm³/mol. The van der Waals surface area contributed by atoms with Crippen molar-refractivity contribution < 1.29 is 0 Å². The molecule has 0 heterocycles. The summed E-state index contributed by atoms with van der Waals surface area (Å²) in [5.41, 5.74) is 3.47. The molecule has 0 amide bonds. The fourth-order valence-corrected chi connectivity index (χ4v) is 3.10. The molecule has 1 atom stereocenters. The van der Waals surface area contributed by atoms with E-state index < -0.39 is 0 Å². The Bertz CT molecular complexity index is 222. The lowest BCUT2D eigenvalue weighted by atomic mass is 9.90. The van der Waals surface area contributed by atoms with Gasteiger partial charge in [-0.05, 0) is 37.5 Å². The van der Waals surface area contributed by atoms with Crippen LogP contribution >= 0.6 is 0 Å². The fraction of sp³-hybridized carbons (Fsp3) is 0.889. The van der Waals surface area contributed by atoms with Gasteiger partial charge in [-0.2, -0.15) is 0 Å². The highest BCUT2D eigenvalue weighted by molar-refractivity contribution is 5.15. The van der Waals surface area contributed by atoms with Crippen LogP contribution in [0.5, 0.6) is 0 Å². The summed E-state index contributed by atoms with van der Waals surface area (Å²) in [6, 6.07) is 0. The molecule has 0 aliphatic rings. The molecule has 1 unspecified atom stereocenters. The lowest BCUT2D eigenvalue weighted by molar-refractivity contribution is 0.459. The third-order valence-corrected chi connectivity index (χ3v) is 4.17. The molecule has 0 heteroatoms. The Morgan fingerprint density at radius 3 is 1.94 bits per heavy atom. The van der Waals surface area contributed by atoms with Gasteiger partial charge in [0.05, 0.1) is 0 Å². The lowest BCUT2D eigenvalue weighted by Crippen LogP contribution is -2.00. The van der Waals surface area contributed by atoms with Gasteiger partial charge in [0, 0.05) is 0 Å². The maximum absolute atomic E-state index is 2.41. The first-order chi connectivity index (χ1) is 8.56. The van der Waals surface area contributed by atoms with Crippen LogP contribution in [0.4, 0.5) is 0 Å². The Morgan fingerprint density at radius 2 is 1.50 bits per heavy atom. The second-order valence-corrected chi connectivity index (χ2v) is 6.13. The smallest absolute Gasteiger partial charge is 0.0258 e. The van der Waals surface area contributed by atoms with E-state index in [1.807, 2.05) is 0 Å². The molecule has 0 aliphatic carbocycles. The van der Waals surface area contributed by atoms with Crippen molar-refractivity contribution in [1.29, 1.82) is 0 Å². The maximum atomic E-state index is 2.41. The summed E-state index contributed by atoms with van der Waals surface area (Å²) < 4.78 is 0. The Balaban J connectivity index is 4.08. The maximum Gasteiger partial charge on any atom is -0.0258 e. The van der Waals surface area contributed by atoms with Crippen molar-refractivity contribution >= 4 is 0 Å². The number of unbranched alkanes of at least 4 members (excludes halogenated alkanes) is 1. The molecule has 0 radical (unpaired) electrons. The zero-order chi connectivity index (χ0) is 14.0. The second-order valence-electron chi connectivity index (χ2n) is 6.13. The van der Waals surface area contributed by atoms with Crippen molar-refractivity contribution in [2.45, 2.75) is 92.9 Å². The number of hydrogen-bond acceptors (Lipinski definition) is 0. The molecule has 0 aromatic heterocycles. The number of hydrogen-bond donors (Lipinski definition) is 0. The Morgan fingerprint density at radius 1 is 0.833 bits per heavy atom.